The van der Waals surface area contributed by atoms with Crippen LogP contribution in [0, 0.1) is 0 Å². The van der Waals surface area contributed by atoms with Crippen LogP contribution in [0.25, 0.3) is 0 Å². The maximum atomic E-state index is 6.42. The van der Waals surface area contributed by atoms with E-state index in [4.69, 9.17) is 46.4 Å². The summed E-state index contributed by atoms with van der Waals surface area (Å²) in [6.07, 6.45) is 0.948. The fourth-order valence-electron chi connectivity index (χ4n) is 3.30. The zero-order chi connectivity index (χ0) is 17.4. The summed E-state index contributed by atoms with van der Waals surface area (Å²) in [5.74, 6) is 0. The zero-order valence-corrected chi connectivity index (χ0v) is 16.5. The third-order valence-electron chi connectivity index (χ3n) is 4.50. The van der Waals surface area contributed by atoms with Crippen molar-refractivity contribution in [2.24, 2.45) is 0 Å². The van der Waals surface area contributed by atoms with Crippen LogP contribution in [0.4, 0.5) is 11.4 Å². The van der Waals surface area contributed by atoms with Gasteiger partial charge in [-0.05, 0) is 44.5 Å². The number of hydrogen-bond acceptors (Lipinski definition) is 2. The number of anilines is 2. The van der Waals surface area contributed by atoms with Gasteiger partial charge >= 0.3 is 0 Å². The summed E-state index contributed by atoms with van der Waals surface area (Å²) >= 11 is 25.7. The van der Waals surface area contributed by atoms with E-state index in [1.54, 1.807) is 0 Å². The quantitative estimate of drug-likeness (QED) is 0.546. The van der Waals surface area contributed by atoms with Gasteiger partial charge in [0.25, 0.3) is 0 Å². The predicted molar refractivity (Wildman–Crippen MR) is 106 cm³/mol. The molecule has 0 aliphatic carbocycles. The number of benzene rings is 2. The molecule has 2 atom stereocenters. The van der Waals surface area contributed by atoms with Gasteiger partial charge in [-0.15, -0.1) is 0 Å². The summed E-state index contributed by atoms with van der Waals surface area (Å²) < 4.78 is 0. The van der Waals surface area contributed by atoms with Gasteiger partial charge < -0.3 is 9.80 Å². The molecule has 2 unspecified atom stereocenters. The second-order valence-corrected chi connectivity index (χ2v) is 7.78. The number of rotatable bonds is 2. The lowest BCUT2D eigenvalue weighted by molar-refractivity contribution is 0.441. The van der Waals surface area contributed by atoms with Crippen LogP contribution in [0.15, 0.2) is 36.4 Å². The minimum absolute atomic E-state index is 0.301. The normalized spacial score (nSPS) is 21.2. The molecule has 6 heteroatoms. The average Bonchev–Trinajstić information content (AvgIpc) is 2.50. The second kappa shape index (κ2) is 7.21. The standard InChI is InChI=1S/C18H18Cl4N2/c1-11-9-12(2)24(18-15(21)7-4-8-16(18)22)10-23(11)17-13(19)5-3-6-14(17)20/h3-8,11-12H,9-10H2,1-2H3. The summed E-state index contributed by atoms with van der Waals surface area (Å²) in [5, 5.41) is 2.59. The topological polar surface area (TPSA) is 6.48 Å². The largest absolute Gasteiger partial charge is 0.349 e. The Morgan fingerprint density at radius 1 is 0.708 bits per heavy atom. The lowest BCUT2D eigenvalue weighted by atomic mass is 10.0. The molecule has 1 aliphatic heterocycles. The lowest BCUT2D eigenvalue weighted by Crippen LogP contribution is -2.54. The van der Waals surface area contributed by atoms with E-state index in [-0.39, 0.29) is 0 Å². The van der Waals surface area contributed by atoms with Crippen LogP contribution in [0.2, 0.25) is 20.1 Å². The summed E-state index contributed by atoms with van der Waals surface area (Å²) in [6, 6.07) is 11.8. The van der Waals surface area contributed by atoms with E-state index in [9.17, 15) is 0 Å². The van der Waals surface area contributed by atoms with E-state index in [0.717, 1.165) is 17.8 Å². The fourth-order valence-corrected chi connectivity index (χ4v) is 4.53. The molecule has 0 amide bonds. The summed E-state index contributed by atoms with van der Waals surface area (Å²) in [6.45, 7) is 4.98. The van der Waals surface area contributed by atoms with E-state index >= 15 is 0 Å². The Morgan fingerprint density at radius 3 is 1.38 bits per heavy atom. The Labute approximate surface area is 162 Å². The van der Waals surface area contributed by atoms with Crippen molar-refractivity contribution in [1.82, 2.24) is 0 Å². The fraction of sp³-hybridized carbons (Fsp3) is 0.333. The van der Waals surface area contributed by atoms with Crippen molar-refractivity contribution < 1.29 is 0 Å². The van der Waals surface area contributed by atoms with Crippen molar-refractivity contribution in [3.8, 4) is 0 Å². The Balaban J connectivity index is 2.02. The van der Waals surface area contributed by atoms with Gasteiger partial charge in [0, 0.05) is 12.1 Å². The van der Waals surface area contributed by atoms with E-state index < -0.39 is 0 Å². The first kappa shape index (κ1) is 18.0. The molecule has 1 heterocycles. The van der Waals surface area contributed by atoms with Gasteiger partial charge in [-0.2, -0.15) is 0 Å². The second-order valence-electron chi connectivity index (χ2n) is 6.16. The van der Waals surface area contributed by atoms with E-state index in [1.807, 2.05) is 36.4 Å². The molecular formula is C18H18Cl4N2. The maximum Gasteiger partial charge on any atom is 0.0910 e. The highest BCUT2D eigenvalue weighted by molar-refractivity contribution is 6.40. The minimum atomic E-state index is 0.301. The molecule has 0 spiro atoms. The van der Waals surface area contributed by atoms with Gasteiger partial charge in [0.15, 0.2) is 0 Å². The predicted octanol–water partition coefficient (Wildman–Crippen LogP) is 6.75. The van der Waals surface area contributed by atoms with Gasteiger partial charge in [-0.1, -0.05) is 58.5 Å². The van der Waals surface area contributed by atoms with Crippen molar-refractivity contribution in [2.45, 2.75) is 32.4 Å². The van der Waals surface area contributed by atoms with Crippen molar-refractivity contribution in [1.29, 1.82) is 0 Å². The molecule has 0 N–H and O–H groups in total. The molecular weight excluding hydrogens is 386 g/mol. The monoisotopic (exact) mass is 402 g/mol. The van der Waals surface area contributed by atoms with Gasteiger partial charge in [-0.3, -0.25) is 0 Å². The van der Waals surface area contributed by atoms with Crippen molar-refractivity contribution in [2.75, 3.05) is 16.5 Å². The highest BCUT2D eigenvalue weighted by Gasteiger charge is 2.33. The number of halogens is 4. The highest BCUT2D eigenvalue weighted by atomic mass is 35.5. The molecule has 0 saturated carbocycles. The van der Waals surface area contributed by atoms with Crippen LogP contribution in [-0.2, 0) is 0 Å². The molecule has 2 aromatic carbocycles. The molecule has 2 nitrogen and oxygen atoms in total. The number of para-hydroxylation sites is 2. The minimum Gasteiger partial charge on any atom is -0.349 e. The first-order chi connectivity index (χ1) is 11.4. The van der Waals surface area contributed by atoms with Gasteiger partial charge in [0.2, 0.25) is 0 Å². The molecule has 0 radical (unpaired) electrons. The first-order valence-corrected chi connectivity index (χ1v) is 9.32. The van der Waals surface area contributed by atoms with E-state index in [1.165, 1.54) is 0 Å². The Morgan fingerprint density at radius 2 is 1.04 bits per heavy atom. The molecule has 0 bridgehead atoms. The third-order valence-corrected chi connectivity index (χ3v) is 5.72. The molecule has 2 aromatic rings. The van der Waals surface area contributed by atoms with Crippen molar-refractivity contribution in [3.05, 3.63) is 56.5 Å². The van der Waals surface area contributed by atoms with Gasteiger partial charge in [0.1, 0.15) is 0 Å². The SMILES string of the molecule is CC1CC(C)N(c2c(Cl)cccc2Cl)CN1c1c(Cl)cccc1Cl. The molecule has 1 aliphatic rings. The van der Waals surface area contributed by atoms with Crippen molar-refractivity contribution >= 4 is 57.8 Å². The lowest BCUT2D eigenvalue weighted by Gasteiger charge is -2.47. The highest BCUT2D eigenvalue weighted by Crippen LogP contribution is 2.41. The van der Waals surface area contributed by atoms with Crippen molar-refractivity contribution in [3.63, 3.8) is 0 Å². The Kier molecular flexibility index (Phi) is 5.41. The van der Waals surface area contributed by atoms with Crippen LogP contribution in [0.3, 0.4) is 0 Å². The Bertz CT molecular complexity index is 648. The van der Waals surface area contributed by atoms with E-state index in [2.05, 4.69) is 23.6 Å². The van der Waals surface area contributed by atoms with E-state index in [0.29, 0.717) is 38.8 Å². The third kappa shape index (κ3) is 3.30. The molecule has 24 heavy (non-hydrogen) atoms. The van der Waals surface area contributed by atoms with Gasteiger partial charge in [-0.25, -0.2) is 0 Å². The molecule has 0 aromatic heterocycles. The summed E-state index contributed by atoms with van der Waals surface area (Å²) in [7, 11) is 0. The first-order valence-electron chi connectivity index (χ1n) is 7.81. The number of hydrogen-bond donors (Lipinski definition) is 0. The zero-order valence-electron chi connectivity index (χ0n) is 13.4. The number of nitrogens with zero attached hydrogens (tertiary/aromatic N) is 2. The molecule has 3 rings (SSSR count). The van der Waals surface area contributed by atoms with Gasteiger partial charge in [0.05, 0.1) is 38.1 Å². The summed E-state index contributed by atoms with van der Waals surface area (Å²) in [4.78, 5) is 4.43. The van der Waals surface area contributed by atoms with Crippen LogP contribution >= 0.6 is 46.4 Å². The smallest absolute Gasteiger partial charge is 0.0910 e. The van der Waals surface area contributed by atoms with Crippen LogP contribution in [-0.4, -0.2) is 18.8 Å². The van der Waals surface area contributed by atoms with Crippen LogP contribution in [0.1, 0.15) is 20.3 Å². The molecule has 128 valence electrons. The van der Waals surface area contributed by atoms with Crippen LogP contribution in [0.5, 0.6) is 0 Å². The molecule has 1 saturated heterocycles. The average molecular weight is 404 g/mol. The molecule has 1 fully saturated rings. The maximum absolute atomic E-state index is 6.42. The summed E-state index contributed by atoms with van der Waals surface area (Å²) in [5.41, 5.74) is 1.71. The van der Waals surface area contributed by atoms with Crippen LogP contribution < -0.4 is 9.80 Å². The Hall–Kier alpha value is -0.800.